The largest absolute Gasteiger partial charge is 0.480 e. The van der Waals surface area contributed by atoms with Crippen molar-refractivity contribution in [3.05, 3.63) is 33.4 Å². The van der Waals surface area contributed by atoms with E-state index in [4.69, 9.17) is 5.73 Å². The molecule has 0 aromatic heterocycles. The topological polar surface area (TPSA) is 151 Å². The fourth-order valence-electron chi connectivity index (χ4n) is 2.55. The van der Waals surface area contributed by atoms with Gasteiger partial charge in [0, 0.05) is 9.99 Å². The Balaban J connectivity index is 2.94. The molecule has 0 heterocycles. The van der Waals surface area contributed by atoms with E-state index in [2.05, 4.69) is 38.5 Å². The second-order valence-corrected chi connectivity index (χ2v) is 8.09. The van der Waals surface area contributed by atoms with E-state index in [9.17, 15) is 24.3 Å². The van der Waals surface area contributed by atoms with Gasteiger partial charge in [-0.2, -0.15) is 0 Å². The highest BCUT2D eigenvalue weighted by molar-refractivity contribution is 14.1. The van der Waals surface area contributed by atoms with Gasteiger partial charge in [0.1, 0.15) is 12.1 Å². The summed E-state index contributed by atoms with van der Waals surface area (Å²) in [6.07, 6.45) is 0.437. The van der Waals surface area contributed by atoms with E-state index in [1.54, 1.807) is 0 Å². The Labute approximate surface area is 183 Å². The molecule has 0 aliphatic rings. The molecule has 0 saturated heterocycles. The quantitative estimate of drug-likeness (QED) is 0.261. The lowest BCUT2D eigenvalue weighted by Crippen LogP contribution is -2.54. The molecule has 0 unspecified atom stereocenters. The summed E-state index contributed by atoms with van der Waals surface area (Å²) in [5.74, 6) is -2.75. The molecule has 0 radical (unpaired) electrons. The molecule has 1 aromatic rings. The van der Waals surface area contributed by atoms with E-state index in [1.165, 1.54) is 0 Å². The van der Waals surface area contributed by atoms with E-state index in [0.29, 0.717) is 0 Å². The van der Waals surface area contributed by atoms with Crippen LogP contribution in [-0.2, 0) is 25.6 Å². The molecule has 0 aliphatic carbocycles. The van der Waals surface area contributed by atoms with E-state index in [0.717, 1.165) is 9.13 Å². The van der Waals surface area contributed by atoms with Crippen LogP contribution in [0, 0.1) is 9.49 Å². The number of carboxylic acids is 1. The van der Waals surface area contributed by atoms with E-state index < -0.39 is 35.8 Å². The smallest absolute Gasteiger partial charge is 0.326 e. The van der Waals surface area contributed by atoms with Crippen LogP contribution in [0.15, 0.2) is 24.3 Å². The third-order valence-electron chi connectivity index (χ3n) is 3.99. The second-order valence-electron chi connectivity index (χ2n) is 6.93. The average Bonchev–Trinajstić information content (AvgIpc) is 2.66. The number of aliphatic carboxylic acids is 1. The maximum Gasteiger partial charge on any atom is 0.326 e. The molecule has 160 valence electrons. The Kier molecular flexibility index (Phi) is 10.6. The molecular weight excluding hydrogens is 491 g/mol. The summed E-state index contributed by atoms with van der Waals surface area (Å²) in [6, 6.07) is 5.30. The number of hydrogen-bond acceptors (Lipinski definition) is 5. The van der Waals surface area contributed by atoms with Crippen molar-refractivity contribution in [2.24, 2.45) is 11.7 Å². The average molecular weight is 518 g/mol. The summed E-state index contributed by atoms with van der Waals surface area (Å²) in [5.41, 5.74) is 6.01. The van der Waals surface area contributed by atoms with Gasteiger partial charge in [-0.1, -0.05) is 32.0 Å². The summed E-state index contributed by atoms with van der Waals surface area (Å²) in [6.45, 7) is 3.12. The van der Waals surface area contributed by atoms with E-state index in [1.807, 2.05) is 38.1 Å². The van der Waals surface area contributed by atoms with Crippen LogP contribution in [0.2, 0.25) is 0 Å². The first-order valence-corrected chi connectivity index (χ1v) is 10.2. The van der Waals surface area contributed by atoms with Crippen molar-refractivity contribution in [3.63, 3.8) is 0 Å². The third kappa shape index (κ3) is 9.22. The SMILES string of the molecule is CC(C)C[C@H](NC(=O)[C@H](Cc1ccccc1I)NC(=O)CNC(=O)CN)C(=O)O. The third-order valence-corrected chi connectivity index (χ3v) is 5.04. The minimum Gasteiger partial charge on any atom is -0.480 e. The molecule has 0 bridgehead atoms. The van der Waals surface area contributed by atoms with Gasteiger partial charge in [-0.3, -0.25) is 14.4 Å². The Morgan fingerprint density at radius 1 is 1.07 bits per heavy atom. The van der Waals surface area contributed by atoms with Gasteiger partial charge in [0.2, 0.25) is 17.7 Å². The Morgan fingerprint density at radius 3 is 2.28 bits per heavy atom. The number of carbonyl (C=O) groups is 4. The normalized spacial score (nSPS) is 12.7. The molecule has 1 rings (SSSR count). The molecule has 0 fully saturated rings. The first-order valence-electron chi connectivity index (χ1n) is 9.16. The van der Waals surface area contributed by atoms with Gasteiger partial charge < -0.3 is 26.8 Å². The molecule has 3 amide bonds. The number of nitrogens with two attached hydrogens (primary N) is 1. The summed E-state index contributed by atoms with van der Waals surface area (Å²) in [4.78, 5) is 47.7. The van der Waals surface area contributed by atoms with Gasteiger partial charge in [0.25, 0.3) is 0 Å². The first-order chi connectivity index (χ1) is 13.6. The first kappa shape index (κ1) is 24.8. The zero-order valence-corrected chi connectivity index (χ0v) is 18.6. The maximum absolute atomic E-state index is 12.8. The van der Waals surface area contributed by atoms with Crippen LogP contribution in [0.1, 0.15) is 25.8 Å². The van der Waals surface area contributed by atoms with Crippen molar-refractivity contribution < 1.29 is 24.3 Å². The highest BCUT2D eigenvalue weighted by atomic mass is 127. The molecule has 2 atom stereocenters. The minimum absolute atomic E-state index is 0.0611. The van der Waals surface area contributed by atoms with Gasteiger partial charge >= 0.3 is 5.97 Å². The highest BCUT2D eigenvalue weighted by Crippen LogP contribution is 2.14. The van der Waals surface area contributed by atoms with Crippen molar-refractivity contribution >= 4 is 46.3 Å². The molecule has 1 aromatic carbocycles. The summed E-state index contributed by atoms with van der Waals surface area (Å²) in [7, 11) is 0. The fourth-order valence-corrected chi connectivity index (χ4v) is 3.16. The predicted molar refractivity (Wildman–Crippen MR) is 116 cm³/mol. The van der Waals surface area contributed by atoms with E-state index >= 15 is 0 Å². The van der Waals surface area contributed by atoms with Crippen molar-refractivity contribution in [1.29, 1.82) is 0 Å². The van der Waals surface area contributed by atoms with Crippen LogP contribution in [0.3, 0.4) is 0 Å². The fraction of sp³-hybridized carbons (Fsp3) is 0.474. The molecule has 0 saturated carbocycles. The number of rotatable bonds is 11. The van der Waals surface area contributed by atoms with Crippen LogP contribution >= 0.6 is 22.6 Å². The number of carboxylic acid groups (broad SMARTS) is 1. The maximum atomic E-state index is 12.8. The number of benzene rings is 1. The van der Waals surface area contributed by atoms with Crippen molar-refractivity contribution in [1.82, 2.24) is 16.0 Å². The predicted octanol–water partition coefficient (Wildman–Crippen LogP) is 0.00890. The van der Waals surface area contributed by atoms with Gasteiger partial charge in [0.15, 0.2) is 0 Å². The number of nitrogens with one attached hydrogen (secondary N) is 3. The van der Waals surface area contributed by atoms with Gasteiger partial charge in [0.05, 0.1) is 13.1 Å². The lowest BCUT2D eigenvalue weighted by atomic mass is 10.0. The number of hydrogen-bond donors (Lipinski definition) is 5. The van der Waals surface area contributed by atoms with Crippen LogP contribution in [0.4, 0.5) is 0 Å². The molecule has 0 aliphatic heterocycles. The van der Waals surface area contributed by atoms with Crippen LogP contribution in [0.25, 0.3) is 0 Å². The lowest BCUT2D eigenvalue weighted by molar-refractivity contribution is -0.142. The van der Waals surface area contributed by atoms with Crippen LogP contribution in [-0.4, -0.2) is 54.0 Å². The molecule has 0 spiro atoms. The number of amides is 3. The van der Waals surface area contributed by atoms with Gasteiger partial charge in [-0.05, 0) is 46.6 Å². The number of halogens is 1. The minimum atomic E-state index is -1.14. The van der Waals surface area contributed by atoms with Crippen molar-refractivity contribution in [2.75, 3.05) is 13.1 Å². The molecular formula is C19H27IN4O5. The molecule has 9 nitrogen and oxygen atoms in total. The Bertz CT molecular complexity index is 741. The summed E-state index contributed by atoms with van der Waals surface area (Å²) < 4.78 is 0.908. The standard InChI is InChI=1S/C19H27IN4O5/c1-11(2)7-15(19(28)29)24-18(27)14(8-12-5-3-4-6-13(12)20)23-17(26)10-22-16(25)9-21/h3-6,11,14-15H,7-10,21H2,1-2H3,(H,22,25)(H,23,26)(H,24,27)(H,28,29)/t14-,15-/m0/s1. The molecule has 29 heavy (non-hydrogen) atoms. The van der Waals surface area contributed by atoms with E-state index in [-0.39, 0.29) is 31.8 Å². The Morgan fingerprint density at radius 2 is 1.72 bits per heavy atom. The van der Waals surface area contributed by atoms with Gasteiger partial charge in [-0.25, -0.2) is 4.79 Å². The molecule has 10 heteroatoms. The Hall–Kier alpha value is -2.21. The van der Waals surface area contributed by atoms with Crippen molar-refractivity contribution in [3.8, 4) is 0 Å². The number of carbonyl (C=O) groups excluding carboxylic acids is 3. The monoisotopic (exact) mass is 518 g/mol. The zero-order chi connectivity index (χ0) is 22.0. The highest BCUT2D eigenvalue weighted by Gasteiger charge is 2.27. The second kappa shape index (κ2) is 12.4. The summed E-state index contributed by atoms with van der Waals surface area (Å²) >= 11 is 2.12. The van der Waals surface area contributed by atoms with Crippen LogP contribution in [0.5, 0.6) is 0 Å². The molecule has 6 N–H and O–H groups in total. The van der Waals surface area contributed by atoms with Crippen molar-refractivity contribution in [2.45, 2.75) is 38.8 Å². The van der Waals surface area contributed by atoms with Crippen LogP contribution < -0.4 is 21.7 Å². The summed E-state index contributed by atoms with van der Waals surface area (Å²) in [5, 5.41) is 16.8. The lowest BCUT2D eigenvalue weighted by Gasteiger charge is -2.23. The zero-order valence-electron chi connectivity index (χ0n) is 16.4. The van der Waals surface area contributed by atoms with Gasteiger partial charge in [-0.15, -0.1) is 0 Å².